The molecule has 104 valence electrons. The van der Waals surface area contributed by atoms with E-state index in [0.717, 1.165) is 18.4 Å². The Kier molecular flexibility index (Phi) is 4.94. The Labute approximate surface area is 114 Å². The second kappa shape index (κ2) is 6.69. The van der Waals surface area contributed by atoms with Gasteiger partial charge in [-0.3, -0.25) is 4.79 Å². The van der Waals surface area contributed by atoms with Crippen LogP contribution in [0, 0.1) is 11.7 Å². The van der Waals surface area contributed by atoms with Gasteiger partial charge in [-0.05, 0) is 42.9 Å². The minimum Gasteiger partial charge on any atom is -0.353 e. The molecule has 1 fully saturated rings. The van der Waals surface area contributed by atoms with Crippen LogP contribution in [0.2, 0.25) is 0 Å². The van der Waals surface area contributed by atoms with Gasteiger partial charge in [-0.15, -0.1) is 0 Å². The SMILES string of the molecule is CC1CCCC(NC(=O)CCc2cccc(F)c2)C1. The Morgan fingerprint density at radius 1 is 1.42 bits per heavy atom. The average molecular weight is 263 g/mol. The highest BCUT2D eigenvalue weighted by atomic mass is 19.1. The van der Waals surface area contributed by atoms with Gasteiger partial charge in [0.15, 0.2) is 0 Å². The van der Waals surface area contributed by atoms with E-state index in [4.69, 9.17) is 0 Å². The molecule has 1 N–H and O–H groups in total. The minimum atomic E-state index is -0.237. The third kappa shape index (κ3) is 4.66. The average Bonchev–Trinajstić information content (AvgIpc) is 2.36. The fourth-order valence-electron chi connectivity index (χ4n) is 2.82. The summed E-state index contributed by atoms with van der Waals surface area (Å²) in [5, 5.41) is 3.10. The van der Waals surface area contributed by atoms with Crippen LogP contribution in [-0.2, 0) is 11.2 Å². The number of amides is 1. The molecule has 2 rings (SSSR count). The van der Waals surface area contributed by atoms with Crippen LogP contribution in [-0.4, -0.2) is 11.9 Å². The summed E-state index contributed by atoms with van der Waals surface area (Å²) in [6.45, 7) is 2.24. The number of carbonyl (C=O) groups excluding carboxylic acids is 1. The molecule has 0 aromatic heterocycles. The van der Waals surface area contributed by atoms with Crippen molar-refractivity contribution in [2.24, 2.45) is 5.92 Å². The summed E-state index contributed by atoms with van der Waals surface area (Å²) in [6, 6.07) is 6.80. The molecule has 0 aliphatic heterocycles. The molecule has 1 saturated carbocycles. The molecule has 0 bridgehead atoms. The Morgan fingerprint density at radius 2 is 2.26 bits per heavy atom. The van der Waals surface area contributed by atoms with E-state index in [9.17, 15) is 9.18 Å². The van der Waals surface area contributed by atoms with Crippen molar-refractivity contribution in [2.75, 3.05) is 0 Å². The molecule has 2 atom stereocenters. The molecular formula is C16H22FNO. The first-order chi connectivity index (χ1) is 9.13. The smallest absolute Gasteiger partial charge is 0.220 e. The van der Waals surface area contributed by atoms with Crippen LogP contribution in [0.3, 0.4) is 0 Å². The van der Waals surface area contributed by atoms with Gasteiger partial charge in [0.2, 0.25) is 5.91 Å². The fraction of sp³-hybridized carbons (Fsp3) is 0.562. The maximum absolute atomic E-state index is 13.0. The van der Waals surface area contributed by atoms with Crippen LogP contribution < -0.4 is 5.32 Å². The fourth-order valence-corrected chi connectivity index (χ4v) is 2.82. The predicted octanol–water partition coefficient (Wildman–Crippen LogP) is 3.45. The van der Waals surface area contributed by atoms with Gasteiger partial charge in [0.1, 0.15) is 5.82 Å². The second-order valence-corrected chi connectivity index (χ2v) is 5.67. The third-order valence-corrected chi connectivity index (χ3v) is 3.83. The lowest BCUT2D eigenvalue weighted by Gasteiger charge is -2.27. The third-order valence-electron chi connectivity index (χ3n) is 3.83. The highest BCUT2D eigenvalue weighted by Gasteiger charge is 2.20. The summed E-state index contributed by atoms with van der Waals surface area (Å²) in [4.78, 5) is 11.9. The van der Waals surface area contributed by atoms with Crippen LogP contribution in [0.1, 0.15) is 44.6 Å². The number of hydrogen-bond donors (Lipinski definition) is 1. The molecule has 1 aliphatic rings. The summed E-state index contributed by atoms with van der Waals surface area (Å²) < 4.78 is 13.0. The molecule has 0 saturated heterocycles. The van der Waals surface area contributed by atoms with Gasteiger partial charge >= 0.3 is 0 Å². The molecule has 1 aliphatic carbocycles. The van der Waals surface area contributed by atoms with Crippen LogP contribution in [0.25, 0.3) is 0 Å². The van der Waals surface area contributed by atoms with Crippen molar-refractivity contribution in [3.05, 3.63) is 35.6 Å². The van der Waals surface area contributed by atoms with Gasteiger partial charge in [0, 0.05) is 12.5 Å². The van der Waals surface area contributed by atoms with Crippen molar-refractivity contribution in [1.29, 1.82) is 0 Å². The number of halogens is 1. The Hall–Kier alpha value is -1.38. The van der Waals surface area contributed by atoms with Crippen molar-refractivity contribution in [1.82, 2.24) is 5.32 Å². The molecule has 1 aromatic rings. The molecule has 3 heteroatoms. The van der Waals surface area contributed by atoms with Crippen LogP contribution in [0.4, 0.5) is 4.39 Å². The zero-order valence-electron chi connectivity index (χ0n) is 11.5. The summed E-state index contributed by atoms with van der Waals surface area (Å²) in [6.07, 6.45) is 5.70. The van der Waals surface area contributed by atoms with Crippen molar-refractivity contribution < 1.29 is 9.18 Å². The maximum Gasteiger partial charge on any atom is 0.220 e. The maximum atomic E-state index is 13.0. The van der Waals surface area contributed by atoms with Gasteiger partial charge in [-0.25, -0.2) is 4.39 Å². The van der Waals surface area contributed by atoms with Gasteiger partial charge < -0.3 is 5.32 Å². The highest BCUT2D eigenvalue weighted by molar-refractivity contribution is 5.76. The predicted molar refractivity (Wildman–Crippen MR) is 74.3 cm³/mol. The van der Waals surface area contributed by atoms with E-state index in [1.807, 2.05) is 6.07 Å². The molecule has 1 amide bonds. The lowest BCUT2D eigenvalue weighted by molar-refractivity contribution is -0.122. The van der Waals surface area contributed by atoms with Crippen molar-refractivity contribution >= 4 is 5.91 Å². The first kappa shape index (κ1) is 14.0. The standard InChI is InChI=1S/C16H22FNO/c1-12-4-2-7-15(10-12)18-16(19)9-8-13-5-3-6-14(17)11-13/h3,5-6,11-12,15H,2,4,7-10H2,1H3,(H,18,19). The number of rotatable bonds is 4. The van der Waals surface area contributed by atoms with E-state index in [1.54, 1.807) is 6.07 Å². The van der Waals surface area contributed by atoms with Gasteiger partial charge in [-0.1, -0.05) is 31.9 Å². The first-order valence-corrected chi connectivity index (χ1v) is 7.17. The topological polar surface area (TPSA) is 29.1 Å². The molecule has 19 heavy (non-hydrogen) atoms. The van der Waals surface area contributed by atoms with Crippen LogP contribution in [0.5, 0.6) is 0 Å². The molecule has 0 heterocycles. The monoisotopic (exact) mass is 263 g/mol. The molecule has 0 radical (unpaired) electrons. The molecule has 0 spiro atoms. The quantitative estimate of drug-likeness (QED) is 0.885. The lowest BCUT2D eigenvalue weighted by atomic mass is 9.87. The second-order valence-electron chi connectivity index (χ2n) is 5.67. The highest BCUT2D eigenvalue weighted by Crippen LogP contribution is 2.23. The van der Waals surface area contributed by atoms with Crippen molar-refractivity contribution in [3.8, 4) is 0 Å². The van der Waals surface area contributed by atoms with E-state index in [1.165, 1.54) is 25.0 Å². The van der Waals surface area contributed by atoms with Gasteiger partial charge in [0.25, 0.3) is 0 Å². The number of nitrogens with one attached hydrogen (secondary N) is 1. The minimum absolute atomic E-state index is 0.0864. The van der Waals surface area contributed by atoms with E-state index >= 15 is 0 Å². The van der Waals surface area contributed by atoms with E-state index in [0.29, 0.717) is 24.8 Å². The number of aryl methyl sites for hydroxylation is 1. The summed E-state index contributed by atoms with van der Waals surface area (Å²) >= 11 is 0. The van der Waals surface area contributed by atoms with Crippen molar-refractivity contribution in [3.63, 3.8) is 0 Å². The Morgan fingerprint density at radius 3 is 3.00 bits per heavy atom. The lowest BCUT2D eigenvalue weighted by Crippen LogP contribution is -2.38. The number of hydrogen-bond acceptors (Lipinski definition) is 1. The van der Waals surface area contributed by atoms with E-state index in [-0.39, 0.29) is 11.7 Å². The number of carbonyl (C=O) groups is 1. The van der Waals surface area contributed by atoms with Crippen molar-refractivity contribution in [2.45, 2.75) is 51.5 Å². The normalized spacial score (nSPS) is 23.1. The van der Waals surface area contributed by atoms with Crippen LogP contribution in [0.15, 0.2) is 24.3 Å². The Bertz CT molecular complexity index is 433. The van der Waals surface area contributed by atoms with E-state index < -0.39 is 0 Å². The Balaban J connectivity index is 1.75. The first-order valence-electron chi connectivity index (χ1n) is 7.17. The molecular weight excluding hydrogens is 241 g/mol. The summed E-state index contributed by atoms with van der Waals surface area (Å²) in [5.74, 6) is 0.560. The van der Waals surface area contributed by atoms with Gasteiger partial charge in [-0.2, -0.15) is 0 Å². The molecule has 2 unspecified atom stereocenters. The van der Waals surface area contributed by atoms with Gasteiger partial charge in [0.05, 0.1) is 0 Å². The summed E-state index contributed by atoms with van der Waals surface area (Å²) in [5.41, 5.74) is 0.882. The molecule has 2 nitrogen and oxygen atoms in total. The van der Waals surface area contributed by atoms with Crippen LogP contribution >= 0.6 is 0 Å². The number of benzene rings is 1. The zero-order chi connectivity index (χ0) is 13.7. The zero-order valence-corrected chi connectivity index (χ0v) is 11.5. The summed E-state index contributed by atoms with van der Waals surface area (Å²) in [7, 11) is 0. The van der Waals surface area contributed by atoms with E-state index in [2.05, 4.69) is 12.2 Å². The largest absolute Gasteiger partial charge is 0.353 e. The molecule has 1 aromatic carbocycles.